The van der Waals surface area contributed by atoms with Gasteiger partial charge in [0.25, 0.3) is 0 Å². The number of benzene rings is 1. The first-order valence-corrected chi connectivity index (χ1v) is 18.5. The molecule has 22 heteroatoms. The summed E-state index contributed by atoms with van der Waals surface area (Å²) in [5, 5.41) is 51.5. The van der Waals surface area contributed by atoms with Crippen molar-refractivity contribution in [1.29, 1.82) is 10.8 Å². The maximum atomic E-state index is 13.9. The summed E-state index contributed by atoms with van der Waals surface area (Å²) in [6.07, 6.45) is -0.690. The average Bonchev–Trinajstić information content (AvgIpc) is 3.12. The summed E-state index contributed by atoms with van der Waals surface area (Å²) in [6.45, 7) is 3.79. The van der Waals surface area contributed by atoms with Crippen LogP contribution in [0.2, 0.25) is 0 Å². The second-order valence-electron chi connectivity index (χ2n) is 13.3. The van der Waals surface area contributed by atoms with E-state index < -0.39 is 84.1 Å². The van der Waals surface area contributed by atoms with Crippen LogP contribution in [0.15, 0.2) is 30.3 Å². The average molecular weight is 809 g/mol. The summed E-state index contributed by atoms with van der Waals surface area (Å²) in [5.41, 5.74) is 17.0. The van der Waals surface area contributed by atoms with Gasteiger partial charge in [-0.25, -0.2) is 4.79 Å². The first-order valence-electron chi connectivity index (χ1n) is 17.9. The minimum atomic E-state index is -1.78. The predicted molar refractivity (Wildman–Crippen MR) is 209 cm³/mol. The van der Waals surface area contributed by atoms with E-state index in [1.54, 1.807) is 44.2 Å². The van der Waals surface area contributed by atoms with Crippen molar-refractivity contribution in [3.05, 3.63) is 35.9 Å². The zero-order chi connectivity index (χ0) is 42.4. The van der Waals surface area contributed by atoms with Crippen LogP contribution in [-0.2, 0) is 40.0 Å². The van der Waals surface area contributed by atoms with Crippen LogP contribution < -0.4 is 54.4 Å². The molecule has 0 saturated carbocycles. The second kappa shape index (κ2) is 25.4. The normalized spacial score (nSPS) is 14.0. The van der Waals surface area contributed by atoms with Crippen molar-refractivity contribution in [2.45, 2.75) is 95.0 Å². The van der Waals surface area contributed by atoms with E-state index in [0.29, 0.717) is 5.56 Å². The molecule has 0 aliphatic heterocycles. The maximum absolute atomic E-state index is 13.9. The molecule has 5 amide bonds. The van der Waals surface area contributed by atoms with E-state index in [2.05, 4.69) is 49.8 Å². The zero-order valence-electron chi connectivity index (χ0n) is 31.4. The Bertz CT molecular complexity index is 1520. The van der Waals surface area contributed by atoms with E-state index in [4.69, 9.17) is 28.0 Å². The number of nitrogens with two attached hydrogens (primary N) is 3. The Hall–Kier alpha value is -5.64. The molecule has 0 aliphatic carbocycles. The summed E-state index contributed by atoms with van der Waals surface area (Å²) in [5.74, 6) is -8.07. The highest BCUT2D eigenvalue weighted by atomic mass is 32.1. The number of guanidine groups is 2. The van der Waals surface area contributed by atoms with Crippen molar-refractivity contribution in [1.82, 2.24) is 37.2 Å². The molecule has 0 heterocycles. The largest absolute Gasteiger partial charge is 0.481 e. The van der Waals surface area contributed by atoms with Gasteiger partial charge in [-0.3, -0.25) is 39.6 Å². The number of rotatable bonds is 26. The monoisotopic (exact) mass is 808 g/mol. The molecule has 1 aromatic rings. The zero-order valence-corrected chi connectivity index (χ0v) is 32.3. The fraction of sp³-hybridized carbons (Fsp3) is 0.559. The minimum absolute atomic E-state index is 0.0200. The van der Waals surface area contributed by atoms with Gasteiger partial charge in [0, 0.05) is 25.3 Å². The lowest BCUT2D eigenvalue weighted by Gasteiger charge is -2.27. The van der Waals surface area contributed by atoms with Crippen molar-refractivity contribution in [3.8, 4) is 0 Å². The maximum Gasteiger partial charge on any atom is 0.326 e. The Morgan fingerprint density at radius 3 is 1.55 bits per heavy atom. The molecule has 312 valence electrons. The molecule has 1 aromatic carbocycles. The molecular formula is C34H56N12O9S. The van der Waals surface area contributed by atoms with Gasteiger partial charge in [0.2, 0.25) is 29.5 Å². The molecule has 0 fully saturated rings. The van der Waals surface area contributed by atoms with Crippen LogP contribution >= 0.6 is 12.6 Å². The molecule has 0 radical (unpaired) electrons. The number of carboxylic acids is 2. The number of amides is 5. The van der Waals surface area contributed by atoms with E-state index in [-0.39, 0.29) is 75.2 Å². The van der Waals surface area contributed by atoms with Crippen LogP contribution in [0.3, 0.4) is 0 Å². The number of nitrogens with one attached hydrogen (secondary N) is 9. The molecule has 6 atom stereocenters. The van der Waals surface area contributed by atoms with Crippen molar-refractivity contribution < 1.29 is 43.8 Å². The van der Waals surface area contributed by atoms with Gasteiger partial charge in [0.15, 0.2) is 11.9 Å². The van der Waals surface area contributed by atoms with Crippen molar-refractivity contribution in [2.75, 3.05) is 18.8 Å². The number of aliphatic carboxylic acids is 2. The molecule has 21 nitrogen and oxygen atoms in total. The Morgan fingerprint density at radius 2 is 1.11 bits per heavy atom. The number of hydrogen-bond acceptors (Lipinski definition) is 11. The van der Waals surface area contributed by atoms with Gasteiger partial charge >= 0.3 is 11.9 Å². The van der Waals surface area contributed by atoms with Gasteiger partial charge in [-0.05, 0) is 43.6 Å². The molecule has 0 aliphatic rings. The van der Waals surface area contributed by atoms with E-state index in [1.165, 1.54) is 0 Å². The van der Waals surface area contributed by atoms with Crippen LogP contribution in [0.1, 0.15) is 57.9 Å². The third kappa shape index (κ3) is 19.6. The van der Waals surface area contributed by atoms with Gasteiger partial charge in [0.05, 0.1) is 12.5 Å². The van der Waals surface area contributed by atoms with E-state index >= 15 is 0 Å². The van der Waals surface area contributed by atoms with Crippen molar-refractivity contribution in [2.24, 2.45) is 23.1 Å². The summed E-state index contributed by atoms with van der Waals surface area (Å²) >= 11 is 4.02. The Balaban J connectivity index is 3.41. The van der Waals surface area contributed by atoms with Crippen LogP contribution in [0.4, 0.5) is 0 Å². The number of hydrogen-bond donors (Lipinski definition) is 15. The fourth-order valence-corrected chi connectivity index (χ4v) is 5.35. The SMILES string of the molecule is CC(C)C[C@H](NC(=O)[C@H](CCCNC(=N)N)NC(=O)[C@H](CC(=O)O)NC(=O)[C@H](Cc1ccccc1)NC(=O)[C@H](CCCNC(=N)N)NC(=O)[C@@H](N)CS)C(=O)O. The highest BCUT2D eigenvalue weighted by Gasteiger charge is 2.34. The molecule has 56 heavy (non-hydrogen) atoms. The van der Waals surface area contributed by atoms with Gasteiger partial charge in [-0.2, -0.15) is 12.6 Å². The third-order valence-corrected chi connectivity index (χ3v) is 8.41. The highest BCUT2D eigenvalue weighted by molar-refractivity contribution is 7.80. The van der Waals surface area contributed by atoms with E-state index in [1.807, 2.05) is 0 Å². The number of thiol groups is 1. The smallest absolute Gasteiger partial charge is 0.326 e. The molecule has 0 spiro atoms. The topological polar surface area (TPSA) is 370 Å². The molecule has 0 unspecified atom stereocenters. The third-order valence-electron chi connectivity index (χ3n) is 8.02. The second-order valence-corrected chi connectivity index (χ2v) is 13.7. The molecule has 0 saturated heterocycles. The molecule has 0 aromatic heterocycles. The molecular weight excluding hydrogens is 753 g/mol. The minimum Gasteiger partial charge on any atom is -0.481 e. The molecule has 1 rings (SSSR count). The summed E-state index contributed by atoms with van der Waals surface area (Å²) in [6, 6.07) is 0.219. The standard InChI is InChI=1S/C34H56N12O9S/c1-18(2)14-25(32(54)55)46-29(51)22(11-7-13-41-34(38)39)43-31(53)24(16-26(47)48)45-30(52)23(15-19-8-4-3-5-9-19)44-28(50)21(10-6-12-40-33(36)37)42-27(49)20(35)17-56/h3-5,8-9,18,20-25,56H,6-7,10-17,35H2,1-2H3,(H,42,49)(H,43,53)(H,44,50)(H,45,52)(H,46,51)(H,47,48)(H,54,55)(H4,36,37,40)(H4,38,39,41)/t20-,21-,22-,23-,24-,25-/m0/s1. The van der Waals surface area contributed by atoms with Crippen LogP contribution in [0.5, 0.6) is 0 Å². The van der Waals surface area contributed by atoms with Crippen LogP contribution in [0.25, 0.3) is 0 Å². The highest BCUT2D eigenvalue weighted by Crippen LogP contribution is 2.10. The van der Waals surface area contributed by atoms with Gasteiger partial charge in [-0.1, -0.05) is 44.2 Å². The molecule has 17 N–H and O–H groups in total. The lowest BCUT2D eigenvalue weighted by atomic mass is 10.0. The van der Waals surface area contributed by atoms with Gasteiger partial charge in [-0.15, -0.1) is 0 Å². The van der Waals surface area contributed by atoms with E-state index in [0.717, 1.165) is 0 Å². The van der Waals surface area contributed by atoms with Gasteiger partial charge in [0.1, 0.15) is 30.2 Å². The Labute approximate surface area is 330 Å². The Morgan fingerprint density at radius 1 is 0.679 bits per heavy atom. The fourth-order valence-electron chi connectivity index (χ4n) is 5.18. The van der Waals surface area contributed by atoms with Crippen LogP contribution in [-0.4, -0.2) is 119 Å². The van der Waals surface area contributed by atoms with E-state index in [9.17, 15) is 43.8 Å². The lowest BCUT2D eigenvalue weighted by molar-refractivity contribution is -0.143. The lowest BCUT2D eigenvalue weighted by Crippen LogP contribution is -2.60. The first kappa shape index (κ1) is 48.4. The Kier molecular flexibility index (Phi) is 22.0. The first-order chi connectivity index (χ1) is 26.3. The number of carboxylic acid groups (broad SMARTS) is 2. The summed E-state index contributed by atoms with van der Waals surface area (Å²) in [7, 11) is 0. The van der Waals surface area contributed by atoms with Crippen LogP contribution in [0, 0.1) is 16.7 Å². The summed E-state index contributed by atoms with van der Waals surface area (Å²) in [4.78, 5) is 91.0. The number of carbonyl (C=O) groups is 7. The number of carbonyl (C=O) groups excluding carboxylic acids is 5. The molecule has 0 bridgehead atoms. The quantitative estimate of drug-likeness (QED) is 0.0193. The van der Waals surface area contributed by atoms with Crippen molar-refractivity contribution in [3.63, 3.8) is 0 Å². The van der Waals surface area contributed by atoms with Gasteiger partial charge < -0.3 is 64.6 Å². The van der Waals surface area contributed by atoms with Crippen molar-refractivity contribution >= 4 is 66.0 Å². The predicted octanol–water partition coefficient (Wildman–Crippen LogP) is -2.96. The summed E-state index contributed by atoms with van der Waals surface area (Å²) < 4.78 is 0.